The topological polar surface area (TPSA) is 9.23 Å². The Hall–Kier alpha value is -0.300. The van der Waals surface area contributed by atoms with Crippen molar-refractivity contribution in [1.82, 2.24) is 0 Å². The van der Waals surface area contributed by atoms with Crippen LogP contribution < -0.4 is 0 Å². The summed E-state index contributed by atoms with van der Waals surface area (Å²) in [5.41, 5.74) is 1.48. The van der Waals surface area contributed by atoms with Gasteiger partial charge in [0, 0.05) is 7.11 Å². The van der Waals surface area contributed by atoms with Crippen molar-refractivity contribution in [2.75, 3.05) is 7.11 Å². The van der Waals surface area contributed by atoms with Gasteiger partial charge in [0.25, 0.3) is 0 Å². The summed E-state index contributed by atoms with van der Waals surface area (Å²) < 4.78 is 5.13. The van der Waals surface area contributed by atoms with E-state index in [4.69, 9.17) is 4.74 Å². The highest BCUT2D eigenvalue weighted by Gasteiger charge is 1.95. The Labute approximate surface area is 70.4 Å². The first-order chi connectivity index (χ1) is 5.20. The summed E-state index contributed by atoms with van der Waals surface area (Å²) in [5, 5.41) is 0. The highest BCUT2D eigenvalue weighted by Crippen LogP contribution is 2.06. The van der Waals surface area contributed by atoms with Crippen molar-refractivity contribution in [3.63, 3.8) is 0 Å². The molecule has 1 atom stereocenters. The van der Waals surface area contributed by atoms with Crippen molar-refractivity contribution in [3.05, 3.63) is 11.6 Å². The van der Waals surface area contributed by atoms with Crippen LogP contribution in [-0.2, 0) is 4.74 Å². The number of allylic oxidation sites excluding steroid dienone is 1. The molecule has 0 saturated carbocycles. The van der Waals surface area contributed by atoms with E-state index in [0.717, 1.165) is 6.42 Å². The number of hydrogen-bond donors (Lipinski definition) is 0. The minimum atomic E-state index is 0.363. The summed E-state index contributed by atoms with van der Waals surface area (Å²) in [6.45, 7) is 6.48. The van der Waals surface area contributed by atoms with E-state index >= 15 is 0 Å². The van der Waals surface area contributed by atoms with E-state index in [1.54, 1.807) is 7.11 Å². The van der Waals surface area contributed by atoms with E-state index in [0.29, 0.717) is 6.10 Å². The standard InChI is InChI=1S/C10H20O/c1-5-6-9(2)7-8-10(3)11-4/h7,10H,5-6,8H2,1-4H3/b9-7-. The maximum atomic E-state index is 5.13. The molecule has 1 nitrogen and oxygen atoms in total. The van der Waals surface area contributed by atoms with Crippen molar-refractivity contribution in [2.45, 2.75) is 46.1 Å². The zero-order valence-corrected chi connectivity index (χ0v) is 8.18. The predicted octanol–water partition coefficient (Wildman–Crippen LogP) is 3.16. The molecule has 0 aliphatic rings. The van der Waals surface area contributed by atoms with Crippen molar-refractivity contribution < 1.29 is 4.74 Å². The van der Waals surface area contributed by atoms with Crippen LogP contribution in [0.4, 0.5) is 0 Å². The van der Waals surface area contributed by atoms with Crippen LogP contribution in [0.15, 0.2) is 11.6 Å². The molecule has 0 saturated heterocycles. The van der Waals surface area contributed by atoms with E-state index in [1.165, 1.54) is 18.4 Å². The summed E-state index contributed by atoms with van der Waals surface area (Å²) in [6, 6.07) is 0. The van der Waals surface area contributed by atoms with Gasteiger partial charge in [-0.15, -0.1) is 0 Å². The minimum Gasteiger partial charge on any atom is -0.381 e. The van der Waals surface area contributed by atoms with E-state index in [1.807, 2.05) is 0 Å². The van der Waals surface area contributed by atoms with Crippen molar-refractivity contribution in [2.24, 2.45) is 0 Å². The summed E-state index contributed by atoms with van der Waals surface area (Å²) in [6.07, 6.45) is 6.14. The van der Waals surface area contributed by atoms with Gasteiger partial charge in [-0.2, -0.15) is 0 Å². The molecule has 0 aliphatic carbocycles. The van der Waals surface area contributed by atoms with Gasteiger partial charge in [-0.05, 0) is 26.7 Å². The van der Waals surface area contributed by atoms with Crippen LogP contribution in [0.2, 0.25) is 0 Å². The Morgan fingerprint density at radius 3 is 2.64 bits per heavy atom. The maximum Gasteiger partial charge on any atom is 0.0577 e. The molecule has 66 valence electrons. The van der Waals surface area contributed by atoms with Crippen LogP contribution in [-0.4, -0.2) is 13.2 Å². The molecule has 1 heteroatoms. The molecule has 0 fully saturated rings. The highest BCUT2D eigenvalue weighted by atomic mass is 16.5. The average Bonchev–Trinajstić information content (AvgIpc) is 2.01. The summed E-state index contributed by atoms with van der Waals surface area (Å²) in [4.78, 5) is 0. The Bertz CT molecular complexity index is 116. The quantitative estimate of drug-likeness (QED) is 0.555. The Morgan fingerprint density at radius 1 is 1.55 bits per heavy atom. The van der Waals surface area contributed by atoms with E-state index in [2.05, 4.69) is 26.8 Å². The molecule has 0 radical (unpaired) electrons. The Morgan fingerprint density at radius 2 is 2.18 bits per heavy atom. The smallest absolute Gasteiger partial charge is 0.0577 e. The molecular weight excluding hydrogens is 136 g/mol. The van der Waals surface area contributed by atoms with E-state index in [9.17, 15) is 0 Å². The predicted molar refractivity (Wildman–Crippen MR) is 49.8 cm³/mol. The molecule has 0 bridgehead atoms. The van der Waals surface area contributed by atoms with Crippen molar-refractivity contribution in [1.29, 1.82) is 0 Å². The summed E-state index contributed by atoms with van der Waals surface area (Å²) >= 11 is 0. The lowest BCUT2D eigenvalue weighted by molar-refractivity contribution is 0.121. The van der Waals surface area contributed by atoms with Crippen LogP contribution >= 0.6 is 0 Å². The van der Waals surface area contributed by atoms with Crippen LogP contribution in [0.3, 0.4) is 0 Å². The molecule has 0 aliphatic heterocycles. The second-order valence-electron chi connectivity index (χ2n) is 3.08. The van der Waals surface area contributed by atoms with Gasteiger partial charge in [0.15, 0.2) is 0 Å². The fourth-order valence-corrected chi connectivity index (χ4v) is 0.960. The molecule has 11 heavy (non-hydrogen) atoms. The zero-order valence-electron chi connectivity index (χ0n) is 8.18. The SMILES string of the molecule is CCC/C(C)=C\CC(C)OC. The molecular formula is C10H20O. The lowest BCUT2D eigenvalue weighted by Crippen LogP contribution is -2.02. The molecule has 0 aromatic heterocycles. The second kappa shape index (κ2) is 6.41. The molecule has 1 unspecified atom stereocenters. The van der Waals surface area contributed by atoms with Gasteiger partial charge in [0.2, 0.25) is 0 Å². The number of ether oxygens (including phenoxy) is 1. The molecule has 0 aromatic rings. The lowest BCUT2D eigenvalue weighted by Gasteiger charge is -2.05. The summed E-state index contributed by atoms with van der Waals surface area (Å²) in [7, 11) is 1.76. The fourth-order valence-electron chi connectivity index (χ4n) is 0.960. The maximum absolute atomic E-state index is 5.13. The van der Waals surface area contributed by atoms with Crippen LogP contribution in [0.1, 0.15) is 40.0 Å². The largest absolute Gasteiger partial charge is 0.381 e. The summed E-state index contributed by atoms with van der Waals surface area (Å²) in [5.74, 6) is 0. The minimum absolute atomic E-state index is 0.363. The van der Waals surface area contributed by atoms with Crippen LogP contribution in [0.25, 0.3) is 0 Å². The molecule has 0 rings (SSSR count). The molecule has 0 amide bonds. The fraction of sp³-hybridized carbons (Fsp3) is 0.800. The highest BCUT2D eigenvalue weighted by molar-refractivity contribution is 4.98. The van der Waals surface area contributed by atoms with Gasteiger partial charge in [0.1, 0.15) is 0 Å². The molecule has 0 heterocycles. The molecule has 0 aromatic carbocycles. The van der Waals surface area contributed by atoms with E-state index in [-0.39, 0.29) is 0 Å². The molecule has 0 spiro atoms. The first-order valence-electron chi connectivity index (χ1n) is 4.39. The van der Waals surface area contributed by atoms with E-state index < -0.39 is 0 Å². The van der Waals surface area contributed by atoms with Gasteiger partial charge in [-0.1, -0.05) is 25.0 Å². The zero-order chi connectivity index (χ0) is 8.69. The van der Waals surface area contributed by atoms with Gasteiger partial charge in [-0.25, -0.2) is 0 Å². The third-order valence-corrected chi connectivity index (χ3v) is 1.84. The number of hydrogen-bond acceptors (Lipinski definition) is 1. The second-order valence-corrected chi connectivity index (χ2v) is 3.08. The van der Waals surface area contributed by atoms with Crippen LogP contribution in [0, 0.1) is 0 Å². The van der Waals surface area contributed by atoms with Gasteiger partial charge in [0.05, 0.1) is 6.10 Å². The van der Waals surface area contributed by atoms with Crippen molar-refractivity contribution in [3.8, 4) is 0 Å². The first-order valence-corrected chi connectivity index (χ1v) is 4.39. The monoisotopic (exact) mass is 156 g/mol. The van der Waals surface area contributed by atoms with Gasteiger partial charge in [-0.3, -0.25) is 0 Å². The third-order valence-electron chi connectivity index (χ3n) is 1.84. The number of methoxy groups -OCH3 is 1. The van der Waals surface area contributed by atoms with Gasteiger partial charge < -0.3 is 4.74 Å². The Balaban J connectivity index is 3.54. The van der Waals surface area contributed by atoms with Crippen LogP contribution in [0.5, 0.6) is 0 Å². The first kappa shape index (κ1) is 10.7. The lowest BCUT2D eigenvalue weighted by atomic mass is 10.1. The normalized spacial score (nSPS) is 15.1. The Kier molecular flexibility index (Phi) is 6.24. The van der Waals surface area contributed by atoms with Gasteiger partial charge >= 0.3 is 0 Å². The molecule has 0 N–H and O–H groups in total. The van der Waals surface area contributed by atoms with Crippen molar-refractivity contribution >= 4 is 0 Å². The number of rotatable bonds is 5. The third kappa shape index (κ3) is 6.11. The average molecular weight is 156 g/mol.